The first-order valence-corrected chi connectivity index (χ1v) is 2.08. The van der Waals surface area contributed by atoms with Gasteiger partial charge >= 0.3 is 0 Å². The Kier molecular flexibility index (Phi) is 13.5. The van der Waals surface area contributed by atoms with Crippen LogP contribution in [0.25, 0.3) is 0 Å². The Bertz CT molecular complexity index is 39.5. The molecule has 9 heavy (non-hydrogen) atoms. The molecule has 0 bridgehead atoms. The van der Waals surface area contributed by atoms with Crippen LogP contribution in [0.2, 0.25) is 0 Å². The molecule has 58 valence electrons. The smallest absolute Gasteiger partial charge is 0.266 e. The van der Waals surface area contributed by atoms with Crippen LogP contribution in [0, 0.1) is 0 Å². The first-order valence-electron chi connectivity index (χ1n) is 2.08. The van der Waals surface area contributed by atoms with Crippen molar-refractivity contribution in [2.45, 2.75) is 6.43 Å². The molecule has 0 saturated carbocycles. The predicted octanol–water partition coefficient (Wildman–Crippen LogP) is 1.78. The molecule has 0 aliphatic rings. The van der Waals surface area contributed by atoms with Crippen LogP contribution in [0.15, 0.2) is 0 Å². The van der Waals surface area contributed by atoms with Crippen LogP contribution in [0.3, 0.4) is 0 Å². The summed E-state index contributed by atoms with van der Waals surface area (Å²) in [5, 5.41) is 0. The van der Waals surface area contributed by atoms with E-state index in [0.717, 1.165) is 0 Å². The highest BCUT2D eigenvalue weighted by molar-refractivity contribution is 4.23. The number of halogens is 4. The lowest BCUT2D eigenvalue weighted by molar-refractivity contribution is 0.104. The molecular formula is C4H8F4O. The van der Waals surface area contributed by atoms with Gasteiger partial charge in [-0.05, 0) is 0 Å². The Balaban J connectivity index is 0. The highest BCUT2D eigenvalue weighted by Crippen LogP contribution is 1.88. The number of rotatable bonds is 2. The largest absolute Gasteiger partial charge is 0.354 e. The quantitative estimate of drug-likeness (QED) is 0.542. The van der Waals surface area contributed by atoms with Crippen molar-refractivity contribution in [3.8, 4) is 0 Å². The average molecular weight is 148 g/mol. The Morgan fingerprint density at radius 3 is 1.56 bits per heavy atom. The zero-order chi connectivity index (χ0) is 7.70. The fourth-order valence-electron chi connectivity index (χ4n) is 0. The first kappa shape index (κ1) is 11.5. The molecule has 0 aliphatic carbocycles. The fraction of sp³-hybridized carbons (Fsp3) is 1.00. The topological polar surface area (TPSA) is 9.23 Å². The van der Waals surface area contributed by atoms with Crippen LogP contribution in [0.1, 0.15) is 0 Å². The van der Waals surface area contributed by atoms with Gasteiger partial charge in [0, 0.05) is 7.11 Å². The molecule has 0 spiro atoms. The molecule has 0 N–H and O–H groups in total. The van der Waals surface area contributed by atoms with Crippen molar-refractivity contribution in [2.75, 3.05) is 20.6 Å². The fourth-order valence-corrected chi connectivity index (χ4v) is 0. The molecule has 0 saturated heterocycles. The Morgan fingerprint density at radius 2 is 1.56 bits per heavy atom. The van der Waals surface area contributed by atoms with E-state index in [2.05, 4.69) is 4.74 Å². The van der Waals surface area contributed by atoms with Gasteiger partial charge in [-0.1, -0.05) is 0 Å². The highest BCUT2D eigenvalue weighted by Gasteiger charge is 1.95. The Labute approximate surface area is 50.6 Å². The minimum Gasteiger partial charge on any atom is -0.354 e. The molecule has 0 atom stereocenters. The summed E-state index contributed by atoms with van der Waals surface area (Å²) in [6.07, 6.45) is -2.78. The molecule has 0 aromatic rings. The van der Waals surface area contributed by atoms with Crippen LogP contribution in [-0.2, 0) is 4.74 Å². The zero-order valence-corrected chi connectivity index (χ0v) is 4.91. The molecular weight excluding hydrogens is 140 g/mol. The first-order chi connectivity index (χ1) is 4.18. The second-order valence-electron chi connectivity index (χ2n) is 0.943. The second kappa shape index (κ2) is 10.6. The van der Waals surface area contributed by atoms with E-state index in [0.29, 0.717) is 0 Å². The summed E-state index contributed by atoms with van der Waals surface area (Å²) in [6, 6.07) is 0. The average Bonchev–Trinajstić information content (AvgIpc) is 1.89. The lowest BCUT2D eigenvalue weighted by atomic mass is 10.8. The SMILES string of the molecule is COCF.FCC(F)F. The number of methoxy groups -OCH3 is 1. The molecule has 0 aliphatic heterocycles. The second-order valence-corrected chi connectivity index (χ2v) is 0.943. The summed E-state index contributed by atoms with van der Waals surface area (Å²) in [6.45, 7) is -2.21. The van der Waals surface area contributed by atoms with Crippen LogP contribution in [0.5, 0.6) is 0 Å². The van der Waals surface area contributed by atoms with Crippen molar-refractivity contribution in [1.82, 2.24) is 0 Å². The van der Waals surface area contributed by atoms with E-state index in [1.54, 1.807) is 0 Å². The van der Waals surface area contributed by atoms with E-state index in [9.17, 15) is 17.6 Å². The van der Waals surface area contributed by atoms with E-state index in [4.69, 9.17) is 0 Å². The molecule has 0 fully saturated rings. The summed E-state index contributed by atoms with van der Waals surface area (Å²) >= 11 is 0. The molecule has 0 rings (SSSR count). The monoisotopic (exact) mass is 148 g/mol. The lowest BCUT2D eigenvalue weighted by Crippen LogP contribution is -1.88. The number of hydrogen-bond donors (Lipinski definition) is 0. The highest BCUT2D eigenvalue weighted by atomic mass is 19.3. The summed E-state index contributed by atoms with van der Waals surface area (Å²) in [7, 11) is 1.31. The third-order valence-corrected chi connectivity index (χ3v) is 0.226. The minimum absolute atomic E-state index is 0.681. The van der Waals surface area contributed by atoms with Gasteiger partial charge < -0.3 is 4.74 Å². The maximum Gasteiger partial charge on any atom is 0.266 e. The summed E-state index contributed by atoms with van der Waals surface area (Å²) < 4.78 is 45.5. The van der Waals surface area contributed by atoms with E-state index in [1.165, 1.54) is 7.11 Å². The lowest BCUT2D eigenvalue weighted by Gasteiger charge is -1.78. The van der Waals surface area contributed by atoms with Gasteiger partial charge in [0.25, 0.3) is 6.43 Å². The molecule has 0 unspecified atom stereocenters. The molecule has 0 aromatic carbocycles. The zero-order valence-electron chi connectivity index (χ0n) is 4.91. The summed E-state index contributed by atoms with van der Waals surface area (Å²) in [5.41, 5.74) is 0. The van der Waals surface area contributed by atoms with Crippen LogP contribution < -0.4 is 0 Å². The van der Waals surface area contributed by atoms with Crippen LogP contribution in [-0.4, -0.2) is 27.1 Å². The van der Waals surface area contributed by atoms with Gasteiger partial charge in [0.15, 0.2) is 13.5 Å². The molecule has 0 amide bonds. The number of hydrogen-bond acceptors (Lipinski definition) is 1. The molecule has 0 radical (unpaired) electrons. The van der Waals surface area contributed by atoms with Gasteiger partial charge in [-0.2, -0.15) is 0 Å². The van der Waals surface area contributed by atoms with Crippen molar-refractivity contribution in [3.05, 3.63) is 0 Å². The summed E-state index contributed by atoms with van der Waals surface area (Å²) in [5.74, 6) is 0. The molecule has 1 nitrogen and oxygen atoms in total. The van der Waals surface area contributed by atoms with Crippen molar-refractivity contribution in [3.63, 3.8) is 0 Å². The maximum atomic E-state index is 10.5. The molecule has 5 heteroatoms. The van der Waals surface area contributed by atoms with E-state index >= 15 is 0 Å². The molecule has 0 heterocycles. The Hall–Kier alpha value is -0.320. The maximum absolute atomic E-state index is 10.5. The van der Waals surface area contributed by atoms with E-state index in [1.807, 2.05) is 0 Å². The van der Waals surface area contributed by atoms with Crippen LogP contribution in [0.4, 0.5) is 17.6 Å². The van der Waals surface area contributed by atoms with Crippen molar-refractivity contribution in [1.29, 1.82) is 0 Å². The van der Waals surface area contributed by atoms with Gasteiger partial charge in [-0.15, -0.1) is 0 Å². The number of alkyl halides is 4. The normalized spacial score (nSPS) is 8.67. The van der Waals surface area contributed by atoms with Gasteiger partial charge in [-0.3, -0.25) is 0 Å². The predicted molar refractivity (Wildman–Crippen MR) is 25.0 cm³/mol. The van der Waals surface area contributed by atoms with Crippen molar-refractivity contribution < 1.29 is 22.3 Å². The number of ether oxygens (including phenoxy) is 1. The van der Waals surface area contributed by atoms with E-state index < -0.39 is 20.0 Å². The minimum atomic E-state index is -2.78. The van der Waals surface area contributed by atoms with Gasteiger partial charge in [0.1, 0.15) is 0 Å². The van der Waals surface area contributed by atoms with E-state index in [-0.39, 0.29) is 0 Å². The van der Waals surface area contributed by atoms with Crippen LogP contribution >= 0.6 is 0 Å². The van der Waals surface area contributed by atoms with Gasteiger partial charge in [-0.25, -0.2) is 17.6 Å². The summed E-state index contributed by atoms with van der Waals surface area (Å²) in [4.78, 5) is 0. The van der Waals surface area contributed by atoms with Crippen molar-refractivity contribution >= 4 is 0 Å². The standard InChI is InChI=1S/C2H3F3.C2H5FO/c3-1-2(4)5;1-4-2-3/h2H,1H2;2H2,1H3. The third-order valence-electron chi connectivity index (χ3n) is 0.226. The van der Waals surface area contributed by atoms with Crippen molar-refractivity contribution in [2.24, 2.45) is 0 Å². The molecule has 0 aromatic heterocycles. The third kappa shape index (κ3) is 34.5. The Morgan fingerprint density at radius 1 is 1.33 bits per heavy atom. The van der Waals surface area contributed by atoms with Gasteiger partial charge in [0.05, 0.1) is 0 Å². The van der Waals surface area contributed by atoms with Gasteiger partial charge in [0.2, 0.25) is 0 Å².